The summed E-state index contributed by atoms with van der Waals surface area (Å²) in [6, 6.07) is 7.55. The fraction of sp³-hybridized carbons (Fsp3) is 0.500. The lowest BCUT2D eigenvalue weighted by Crippen LogP contribution is -2.45. The van der Waals surface area contributed by atoms with Crippen molar-refractivity contribution in [3.05, 3.63) is 29.3 Å². The van der Waals surface area contributed by atoms with Crippen molar-refractivity contribution < 1.29 is 13.2 Å². The second-order valence-corrected chi connectivity index (χ2v) is 8.46. The molecule has 0 spiro atoms. The highest BCUT2D eigenvalue weighted by molar-refractivity contribution is 7.99. The van der Waals surface area contributed by atoms with Crippen LogP contribution in [0.3, 0.4) is 0 Å². The van der Waals surface area contributed by atoms with Crippen molar-refractivity contribution in [2.75, 3.05) is 25.4 Å². The molecule has 128 valence electrons. The van der Waals surface area contributed by atoms with Gasteiger partial charge < -0.3 is 5.32 Å². The lowest BCUT2D eigenvalue weighted by atomic mass is 9.97. The van der Waals surface area contributed by atoms with Crippen LogP contribution in [0, 0.1) is 5.92 Å². The molecule has 1 saturated heterocycles. The number of hydrogen-bond acceptors (Lipinski definition) is 4. The van der Waals surface area contributed by atoms with Gasteiger partial charge in [0, 0.05) is 41.2 Å². The monoisotopic (exact) mass is 377 g/mol. The highest BCUT2D eigenvalue weighted by atomic mass is 35.5. The first-order valence-electron chi connectivity index (χ1n) is 7.30. The molecule has 1 aromatic rings. The Labute approximate surface area is 145 Å². The minimum atomic E-state index is -3.64. The van der Waals surface area contributed by atoms with E-state index in [-0.39, 0.29) is 11.8 Å². The van der Waals surface area contributed by atoms with Gasteiger partial charge in [0.2, 0.25) is 5.91 Å². The van der Waals surface area contributed by atoms with Crippen LogP contribution in [0.25, 0.3) is 0 Å². The zero-order chi connectivity index (χ0) is 16.9. The van der Waals surface area contributed by atoms with Crippen molar-refractivity contribution in [2.24, 2.45) is 11.1 Å². The number of carbonyl (C=O) groups is 1. The molecule has 6 nitrogen and oxygen atoms in total. The second-order valence-electron chi connectivity index (χ2n) is 5.31. The van der Waals surface area contributed by atoms with Gasteiger partial charge in [0.05, 0.1) is 0 Å². The Kier molecular flexibility index (Phi) is 6.72. The van der Waals surface area contributed by atoms with Crippen molar-refractivity contribution in [2.45, 2.75) is 17.7 Å². The van der Waals surface area contributed by atoms with Crippen LogP contribution >= 0.6 is 23.4 Å². The van der Waals surface area contributed by atoms with Crippen molar-refractivity contribution in [3.8, 4) is 0 Å². The largest absolute Gasteiger partial charge is 0.355 e. The first-order chi connectivity index (χ1) is 10.9. The first-order valence-corrected chi connectivity index (χ1v) is 10.2. The maximum atomic E-state index is 12.1. The van der Waals surface area contributed by atoms with E-state index < -0.39 is 10.2 Å². The molecule has 1 heterocycles. The fourth-order valence-corrected chi connectivity index (χ4v) is 4.00. The van der Waals surface area contributed by atoms with E-state index in [1.807, 2.05) is 24.3 Å². The van der Waals surface area contributed by atoms with E-state index in [0.29, 0.717) is 37.5 Å². The first kappa shape index (κ1) is 18.5. The third-order valence-corrected chi connectivity index (χ3v) is 6.02. The third-order valence-electron chi connectivity index (χ3n) is 3.67. The van der Waals surface area contributed by atoms with Crippen LogP contribution in [0.5, 0.6) is 0 Å². The highest BCUT2D eigenvalue weighted by Crippen LogP contribution is 2.20. The predicted octanol–water partition coefficient (Wildman–Crippen LogP) is 1.46. The van der Waals surface area contributed by atoms with Gasteiger partial charge in [-0.1, -0.05) is 11.6 Å². The molecular weight excluding hydrogens is 358 g/mol. The van der Waals surface area contributed by atoms with Gasteiger partial charge in [0.1, 0.15) is 0 Å². The van der Waals surface area contributed by atoms with E-state index in [0.717, 1.165) is 10.6 Å². The topological polar surface area (TPSA) is 92.5 Å². The molecule has 0 saturated carbocycles. The zero-order valence-electron chi connectivity index (χ0n) is 12.6. The number of piperidine rings is 1. The molecule has 1 amide bonds. The summed E-state index contributed by atoms with van der Waals surface area (Å²) in [6.07, 6.45) is 1.01. The lowest BCUT2D eigenvalue weighted by molar-refractivity contribution is -0.125. The Hall–Kier alpha value is -0.800. The Morgan fingerprint density at radius 1 is 1.30 bits per heavy atom. The summed E-state index contributed by atoms with van der Waals surface area (Å²) < 4.78 is 23.7. The number of halogens is 1. The Morgan fingerprint density at radius 3 is 2.48 bits per heavy atom. The maximum Gasteiger partial charge on any atom is 0.276 e. The van der Waals surface area contributed by atoms with E-state index in [2.05, 4.69) is 5.32 Å². The molecule has 0 aliphatic carbocycles. The van der Waals surface area contributed by atoms with Gasteiger partial charge in [0.25, 0.3) is 10.2 Å². The molecule has 0 unspecified atom stereocenters. The molecule has 2 rings (SSSR count). The molecule has 0 bridgehead atoms. The molecule has 0 radical (unpaired) electrons. The quantitative estimate of drug-likeness (QED) is 0.580. The minimum absolute atomic E-state index is 0.0178. The van der Waals surface area contributed by atoms with Gasteiger partial charge in [-0.05, 0) is 37.1 Å². The summed E-state index contributed by atoms with van der Waals surface area (Å²) in [6.45, 7) is 1.18. The van der Waals surface area contributed by atoms with Crippen LogP contribution < -0.4 is 10.5 Å². The van der Waals surface area contributed by atoms with Crippen LogP contribution in [-0.4, -0.2) is 44.0 Å². The number of carbonyl (C=O) groups excluding carboxylic acids is 1. The van der Waals surface area contributed by atoms with Crippen LogP contribution in [0.15, 0.2) is 29.2 Å². The molecule has 0 atom stereocenters. The normalized spacial score (nSPS) is 17.1. The molecular formula is C14H20ClN3O3S2. The Morgan fingerprint density at radius 2 is 1.91 bits per heavy atom. The van der Waals surface area contributed by atoms with Crippen LogP contribution in [0.2, 0.25) is 5.02 Å². The van der Waals surface area contributed by atoms with Crippen molar-refractivity contribution in [1.82, 2.24) is 9.62 Å². The summed E-state index contributed by atoms with van der Waals surface area (Å²) in [7, 11) is -3.64. The zero-order valence-corrected chi connectivity index (χ0v) is 15.0. The molecule has 1 aliphatic heterocycles. The lowest BCUT2D eigenvalue weighted by Gasteiger charge is -2.29. The standard InChI is InChI=1S/C14H20ClN3O3S2/c15-12-1-3-13(4-2-12)22-10-7-17-14(19)11-5-8-18(9-6-11)23(16,20)21/h1-4,11H,5-10H2,(H,17,19)(H2,16,20,21). The van der Waals surface area contributed by atoms with E-state index in [1.54, 1.807) is 11.8 Å². The van der Waals surface area contributed by atoms with Crippen LogP contribution in [0.1, 0.15) is 12.8 Å². The second kappa shape index (κ2) is 8.34. The molecule has 9 heteroatoms. The summed E-state index contributed by atoms with van der Waals surface area (Å²) in [5.74, 6) is 0.605. The van der Waals surface area contributed by atoms with Gasteiger partial charge >= 0.3 is 0 Å². The number of rotatable bonds is 6. The average Bonchev–Trinajstić information content (AvgIpc) is 2.52. The van der Waals surface area contributed by atoms with Gasteiger partial charge in [-0.15, -0.1) is 11.8 Å². The van der Waals surface area contributed by atoms with Crippen LogP contribution in [0.4, 0.5) is 0 Å². The highest BCUT2D eigenvalue weighted by Gasteiger charge is 2.28. The van der Waals surface area contributed by atoms with Crippen molar-refractivity contribution >= 4 is 39.5 Å². The van der Waals surface area contributed by atoms with Gasteiger partial charge in [0.15, 0.2) is 0 Å². The third kappa shape index (κ3) is 5.96. The summed E-state index contributed by atoms with van der Waals surface area (Å²) >= 11 is 7.47. The number of benzene rings is 1. The smallest absolute Gasteiger partial charge is 0.276 e. The molecule has 3 N–H and O–H groups in total. The molecule has 23 heavy (non-hydrogen) atoms. The molecule has 1 fully saturated rings. The number of nitrogens with two attached hydrogens (primary N) is 1. The van der Waals surface area contributed by atoms with Crippen molar-refractivity contribution in [1.29, 1.82) is 0 Å². The summed E-state index contributed by atoms with van der Waals surface area (Å²) in [5.41, 5.74) is 0. The van der Waals surface area contributed by atoms with E-state index >= 15 is 0 Å². The van der Waals surface area contributed by atoms with Crippen molar-refractivity contribution in [3.63, 3.8) is 0 Å². The molecule has 1 aromatic carbocycles. The predicted molar refractivity (Wildman–Crippen MR) is 92.6 cm³/mol. The molecule has 0 aromatic heterocycles. The average molecular weight is 378 g/mol. The molecule has 1 aliphatic rings. The van der Waals surface area contributed by atoms with E-state index in [1.165, 1.54) is 4.31 Å². The number of nitrogens with one attached hydrogen (secondary N) is 1. The Balaban J connectivity index is 1.67. The van der Waals surface area contributed by atoms with Gasteiger partial charge in [-0.2, -0.15) is 12.7 Å². The number of hydrogen-bond donors (Lipinski definition) is 2. The van der Waals surface area contributed by atoms with E-state index in [9.17, 15) is 13.2 Å². The van der Waals surface area contributed by atoms with Gasteiger partial charge in [-0.25, -0.2) is 5.14 Å². The minimum Gasteiger partial charge on any atom is -0.355 e. The Bertz CT molecular complexity index is 629. The summed E-state index contributed by atoms with van der Waals surface area (Å²) in [4.78, 5) is 13.2. The van der Waals surface area contributed by atoms with Crippen LogP contribution in [-0.2, 0) is 15.0 Å². The van der Waals surface area contributed by atoms with Gasteiger partial charge in [-0.3, -0.25) is 4.79 Å². The fourth-order valence-electron chi connectivity index (χ4n) is 2.39. The summed E-state index contributed by atoms with van der Waals surface area (Å²) in [5, 5.41) is 8.69. The number of nitrogens with zero attached hydrogens (tertiary/aromatic N) is 1. The number of thioether (sulfide) groups is 1. The maximum absolute atomic E-state index is 12.1. The SMILES string of the molecule is NS(=O)(=O)N1CCC(C(=O)NCCSc2ccc(Cl)cc2)CC1. The van der Waals surface area contributed by atoms with E-state index in [4.69, 9.17) is 16.7 Å². The number of amides is 1.